The van der Waals surface area contributed by atoms with E-state index in [0.717, 1.165) is 45.6 Å². The van der Waals surface area contributed by atoms with E-state index in [1.54, 1.807) is 0 Å². The number of nitrogens with one attached hydrogen (secondary N) is 1. The van der Waals surface area contributed by atoms with Gasteiger partial charge in [0.25, 0.3) is 10.2 Å². The van der Waals surface area contributed by atoms with Crippen molar-refractivity contribution in [3.63, 3.8) is 0 Å². The van der Waals surface area contributed by atoms with Gasteiger partial charge in [-0.1, -0.05) is 18.2 Å². The van der Waals surface area contributed by atoms with Crippen LogP contribution >= 0.6 is 0 Å². The molecule has 1 fully saturated rings. The van der Waals surface area contributed by atoms with E-state index in [9.17, 15) is 8.42 Å². The van der Waals surface area contributed by atoms with Crippen molar-refractivity contribution in [2.24, 2.45) is 0 Å². The molecule has 0 bridgehead atoms. The van der Waals surface area contributed by atoms with Crippen molar-refractivity contribution in [3.8, 4) is 0 Å². The lowest BCUT2D eigenvalue weighted by molar-refractivity contribution is 0.253. The predicted octanol–water partition coefficient (Wildman–Crippen LogP) is 0.985. The van der Waals surface area contributed by atoms with E-state index in [-0.39, 0.29) is 0 Å². The van der Waals surface area contributed by atoms with Crippen molar-refractivity contribution in [1.29, 1.82) is 0 Å². The Morgan fingerprint density at radius 3 is 2.30 bits per heavy atom. The Balaban J connectivity index is 1.60. The molecule has 0 saturated carbocycles. The van der Waals surface area contributed by atoms with Gasteiger partial charge in [0.1, 0.15) is 0 Å². The summed E-state index contributed by atoms with van der Waals surface area (Å²) in [4.78, 5) is 4.88. The van der Waals surface area contributed by atoms with Crippen molar-refractivity contribution in [2.45, 2.75) is 12.8 Å². The number of hydrogen-bond acceptors (Lipinski definition) is 4. The van der Waals surface area contributed by atoms with E-state index in [2.05, 4.69) is 38.8 Å². The minimum atomic E-state index is -3.28. The molecule has 6 nitrogen and oxygen atoms in total. The standard InChI is InChI=1S/C16H28N4O2S/c1-18(2)23(21,22)17-10-6-7-11-19-12-14-20(15-13-19)16-8-4-3-5-9-16/h3-5,8-9,17H,6-7,10-15H2,1-2H3. The van der Waals surface area contributed by atoms with E-state index in [1.807, 2.05) is 6.07 Å². The minimum absolute atomic E-state index is 0.504. The van der Waals surface area contributed by atoms with Gasteiger partial charge in [0.2, 0.25) is 0 Å². The first-order valence-corrected chi connectivity index (χ1v) is 9.62. The van der Waals surface area contributed by atoms with Crippen molar-refractivity contribution < 1.29 is 8.42 Å². The number of unbranched alkanes of at least 4 members (excludes halogenated alkanes) is 1. The second-order valence-corrected chi connectivity index (χ2v) is 8.02. The quantitative estimate of drug-likeness (QED) is 0.717. The Morgan fingerprint density at radius 1 is 1.04 bits per heavy atom. The molecular formula is C16H28N4O2S. The summed E-state index contributed by atoms with van der Waals surface area (Å²) in [5, 5.41) is 0. The molecule has 1 aliphatic heterocycles. The molecule has 23 heavy (non-hydrogen) atoms. The zero-order valence-corrected chi connectivity index (χ0v) is 14.9. The maximum absolute atomic E-state index is 11.6. The third-order valence-corrected chi connectivity index (χ3v) is 5.69. The molecule has 1 aromatic carbocycles. The van der Waals surface area contributed by atoms with Crippen LogP contribution in [0.3, 0.4) is 0 Å². The molecule has 0 aromatic heterocycles. The van der Waals surface area contributed by atoms with Crippen LogP contribution < -0.4 is 9.62 Å². The van der Waals surface area contributed by atoms with Gasteiger partial charge in [-0.15, -0.1) is 0 Å². The smallest absolute Gasteiger partial charge is 0.278 e. The summed E-state index contributed by atoms with van der Waals surface area (Å²) in [6.07, 6.45) is 1.88. The number of para-hydroxylation sites is 1. The summed E-state index contributed by atoms with van der Waals surface area (Å²) in [7, 11) is -0.206. The van der Waals surface area contributed by atoms with Gasteiger partial charge in [0, 0.05) is 52.5 Å². The Labute approximate surface area is 140 Å². The summed E-state index contributed by atoms with van der Waals surface area (Å²) in [5.74, 6) is 0. The lowest BCUT2D eigenvalue weighted by atomic mass is 10.2. The molecule has 1 aromatic rings. The Morgan fingerprint density at radius 2 is 1.70 bits per heavy atom. The lowest BCUT2D eigenvalue weighted by Gasteiger charge is -2.36. The van der Waals surface area contributed by atoms with Crippen molar-refractivity contribution in [1.82, 2.24) is 13.9 Å². The molecule has 0 spiro atoms. The topological polar surface area (TPSA) is 55.9 Å². The average molecular weight is 340 g/mol. The van der Waals surface area contributed by atoms with Crippen LogP contribution in [0.1, 0.15) is 12.8 Å². The Kier molecular flexibility index (Phi) is 6.83. The minimum Gasteiger partial charge on any atom is -0.369 e. The highest BCUT2D eigenvalue weighted by molar-refractivity contribution is 7.87. The molecule has 0 radical (unpaired) electrons. The summed E-state index contributed by atoms with van der Waals surface area (Å²) in [6, 6.07) is 10.5. The van der Waals surface area contributed by atoms with Gasteiger partial charge in [-0.25, -0.2) is 4.72 Å². The van der Waals surface area contributed by atoms with Crippen LogP contribution in [-0.2, 0) is 10.2 Å². The van der Waals surface area contributed by atoms with E-state index < -0.39 is 10.2 Å². The average Bonchev–Trinajstić information content (AvgIpc) is 2.56. The molecule has 0 atom stereocenters. The second kappa shape index (κ2) is 8.63. The monoisotopic (exact) mass is 340 g/mol. The Hall–Kier alpha value is -1.15. The molecule has 1 N–H and O–H groups in total. The van der Waals surface area contributed by atoms with Crippen LogP contribution in [0.25, 0.3) is 0 Å². The maximum Gasteiger partial charge on any atom is 0.278 e. The molecule has 1 saturated heterocycles. The molecule has 130 valence electrons. The number of hydrogen-bond donors (Lipinski definition) is 1. The first kappa shape index (κ1) is 18.2. The number of nitrogens with zero attached hydrogens (tertiary/aromatic N) is 3. The van der Waals surface area contributed by atoms with Gasteiger partial charge in [0.15, 0.2) is 0 Å². The van der Waals surface area contributed by atoms with E-state index in [0.29, 0.717) is 6.54 Å². The molecule has 7 heteroatoms. The zero-order chi connectivity index (χ0) is 16.7. The van der Waals surface area contributed by atoms with E-state index in [1.165, 1.54) is 24.1 Å². The van der Waals surface area contributed by atoms with Gasteiger partial charge in [-0.05, 0) is 31.5 Å². The molecule has 0 amide bonds. The SMILES string of the molecule is CN(C)S(=O)(=O)NCCCCN1CCN(c2ccccc2)CC1. The van der Waals surface area contributed by atoms with Crippen LogP contribution in [-0.4, -0.2) is 71.0 Å². The molecule has 0 unspecified atom stereocenters. The van der Waals surface area contributed by atoms with Crippen LogP contribution in [0.2, 0.25) is 0 Å². The normalized spacial score (nSPS) is 16.9. The summed E-state index contributed by atoms with van der Waals surface area (Å²) >= 11 is 0. The van der Waals surface area contributed by atoms with Gasteiger partial charge in [-0.2, -0.15) is 12.7 Å². The number of anilines is 1. The maximum atomic E-state index is 11.6. The van der Waals surface area contributed by atoms with Gasteiger partial charge < -0.3 is 4.90 Å². The fourth-order valence-corrected chi connectivity index (χ4v) is 3.32. The van der Waals surface area contributed by atoms with E-state index in [4.69, 9.17) is 0 Å². The lowest BCUT2D eigenvalue weighted by Crippen LogP contribution is -2.46. The second-order valence-electron chi connectivity index (χ2n) is 6.05. The van der Waals surface area contributed by atoms with Crippen molar-refractivity contribution >= 4 is 15.9 Å². The van der Waals surface area contributed by atoms with Gasteiger partial charge in [-0.3, -0.25) is 4.90 Å². The highest BCUT2D eigenvalue weighted by atomic mass is 32.2. The molecule has 2 rings (SSSR count). The molecule has 1 aliphatic rings. The third kappa shape index (κ3) is 5.76. The first-order valence-electron chi connectivity index (χ1n) is 8.18. The number of piperazine rings is 1. The third-order valence-electron chi connectivity index (χ3n) is 4.16. The summed E-state index contributed by atoms with van der Waals surface area (Å²) in [6.45, 7) is 5.78. The van der Waals surface area contributed by atoms with Crippen LogP contribution in [0, 0.1) is 0 Å². The van der Waals surface area contributed by atoms with Crippen LogP contribution in [0.5, 0.6) is 0 Å². The summed E-state index contributed by atoms with van der Waals surface area (Å²) in [5.41, 5.74) is 1.30. The molecular weight excluding hydrogens is 312 g/mol. The number of benzene rings is 1. The molecule has 1 heterocycles. The summed E-state index contributed by atoms with van der Waals surface area (Å²) < 4.78 is 26.9. The predicted molar refractivity (Wildman–Crippen MR) is 94.9 cm³/mol. The zero-order valence-electron chi connectivity index (χ0n) is 14.1. The van der Waals surface area contributed by atoms with Crippen molar-refractivity contribution in [2.75, 3.05) is 58.3 Å². The van der Waals surface area contributed by atoms with E-state index >= 15 is 0 Å². The number of rotatable bonds is 8. The fourth-order valence-electron chi connectivity index (χ4n) is 2.66. The largest absolute Gasteiger partial charge is 0.369 e. The van der Waals surface area contributed by atoms with Crippen LogP contribution in [0.4, 0.5) is 5.69 Å². The van der Waals surface area contributed by atoms with Crippen molar-refractivity contribution in [3.05, 3.63) is 30.3 Å². The molecule has 0 aliphatic carbocycles. The fraction of sp³-hybridized carbons (Fsp3) is 0.625. The highest BCUT2D eigenvalue weighted by Gasteiger charge is 2.16. The van der Waals surface area contributed by atoms with Gasteiger partial charge in [0.05, 0.1) is 0 Å². The van der Waals surface area contributed by atoms with Crippen LogP contribution in [0.15, 0.2) is 30.3 Å². The van der Waals surface area contributed by atoms with Gasteiger partial charge >= 0.3 is 0 Å². The highest BCUT2D eigenvalue weighted by Crippen LogP contribution is 2.15. The first-order chi connectivity index (χ1) is 11.0. The Bertz CT molecular complexity index is 555.